The Balaban J connectivity index is 2.09. The fourth-order valence-electron chi connectivity index (χ4n) is 3.20. The molecule has 0 saturated heterocycles. The maximum atomic E-state index is 3.86. The zero-order chi connectivity index (χ0) is 9.47. The first-order valence-corrected chi connectivity index (χ1v) is 5.43. The largest absolute Gasteiger partial charge is 0.103 e. The van der Waals surface area contributed by atoms with Crippen LogP contribution in [0.5, 0.6) is 0 Å². The molecule has 0 spiro atoms. The lowest BCUT2D eigenvalue weighted by atomic mass is 9.70. The summed E-state index contributed by atoms with van der Waals surface area (Å²) in [5, 5.41) is 0. The molecule has 72 valence electrons. The van der Waals surface area contributed by atoms with Gasteiger partial charge in [0.2, 0.25) is 0 Å². The molecular formula is C13H20. The van der Waals surface area contributed by atoms with Gasteiger partial charge in [-0.15, -0.1) is 6.58 Å². The molecule has 2 aliphatic carbocycles. The van der Waals surface area contributed by atoms with Crippen molar-refractivity contribution in [3.63, 3.8) is 0 Å². The van der Waals surface area contributed by atoms with Crippen LogP contribution in [0, 0.1) is 23.2 Å². The molecule has 0 heteroatoms. The van der Waals surface area contributed by atoms with Crippen molar-refractivity contribution in [3.05, 3.63) is 24.8 Å². The molecule has 0 heterocycles. The quantitative estimate of drug-likeness (QED) is 0.574. The Morgan fingerprint density at radius 1 is 1.38 bits per heavy atom. The SMILES string of the molecule is C=CCC(C)(C)C1CC2C=CC1C2. The standard InChI is InChI=1S/C13H20/c1-4-7-13(2,3)12-9-10-5-6-11(12)8-10/h4-6,10-12H,1,7-9H2,2-3H3. The Morgan fingerprint density at radius 3 is 2.62 bits per heavy atom. The van der Waals surface area contributed by atoms with Crippen LogP contribution in [0.25, 0.3) is 0 Å². The van der Waals surface area contributed by atoms with Crippen molar-refractivity contribution in [2.75, 3.05) is 0 Å². The van der Waals surface area contributed by atoms with Gasteiger partial charge in [-0.3, -0.25) is 0 Å². The van der Waals surface area contributed by atoms with Gasteiger partial charge in [0, 0.05) is 0 Å². The summed E-state index contributed by atoms with van der Waals surface area (Å²) in [7, 11) is 0. The number of hydrogen-bond acceptors (Lipinski definition) is 0. The fraction of sp³-hybridized carbons (Fsp3) is 0.692. The lowest BCUT2D eigenvalue weighted by Gasteiger charge is -2.35. The summed E-state index contributed by atoms with van der Waals surface area (Å²) in [6, 6.07) is 0. The molecule has 1 saturated carbocycles. The molecule has 0 aliphatic heterocycles. The van der Waals surface area contributed by atoms with Gasteiger partial charge in [-0.25, -0.2) is 0 Å². The molecule has 0 nitrogen and oxygen atoms in total. The molecule has 3 unspecified atom stereocenters. The summed E-state index contributed by atoms with van der Waals surface area (Å²) in [5.74, 6) is 2.68. The highest BCUT2D eigenvalue weighted by Crippen LogP contribution is 2.52. The highest BCUT2D eigenvalue weighted by Gasteiger charge is 2.42. The lowest BCUT2D eigenvalue weighted by Crippen LogP contribution is -2.26. The van der Waals surface area contributed by atoms with Gasteiger partial charge in [0.15, 0.2) is 0 Å². The Kier molecular flexibility index (Phi) is 2.09. The molecule has 2 aliphatic rings. The van der Waals surface area contributed by atoms with Crippen LogP contribution in [-0.4, -0.2) is 0 Å². The van der Waals surface area contributed by atoms with Crippen LogP contribution >= 0.6 is 0 Å². The number of allylic oxidation sites excluding steroid dienone is 3. The molecular weight excluding hydrogens is 156 g/mol. The van der Waals surface area contributed by atoms with Crippen LogP contribution in [0.2, 0.25) is 0 Å². The number of fused-ring (bicyclic) bond motifs is 2. The van der Waals surface area contributed by atoms with Crippen LogP contribution in [0.3, 0.4) is 0 Å². The highest BCUT2D eigenvalue weighted by atomic mass is 14.5. The van der Waals surface area contributed by atoms with Gasteiger partial charge >= 0.3 is 0 Å². The van der Waals surface area contributed by atoms with E-state index in [0.717, 1.165) is 24.2 Å². The smallest absolute Gasteiger partial charge is 0.0194 e. The molecule has 0 radical (unpaired) electrons. The first-order chi connectivity index (χ1) is 6.13. The Morgan fingerprint density at radius 2 is 2.15 bits per heavy atom. The molecule has 0 amide bonds. The summed E-state index contributed by atoms with van der Waals surface area (Å²) in [4.78, 5) is 0. The van der Waals surface area contributed by atoms with Crippen molar-refractivity contribution in [3.8, 4) is 0 Å². The monoisotopic (exact) mass is 176 g/mol. The number of rotatable bonds is 3. The van der Waals surface area contributed by atoms with E-state index in [9.17, 15) is 0 Å². The summed E-state index contributed by atoms with van der Waals surface area (Å²) in [5.41, 5.74) is 0.464. The molecule has 0 aromatic rings. The van der Waals surface area contributed by atoms with E-state index in [-0.39, 0.29) is 0 Å². The molecule has 3 atom stereocenters. The van der Waals surface area contributed by atoms with Gasteiger partial charge in [0.05, 0.1) is 0 Å². The summed E-state index contributed by atoms with van der Waals surface area (Å²) < 4.78 is 0. The first kappa shape index (κ1) is 9.05. The molecule has 0 aromatic carbocycles. The Hall–Kier alpha value is -0.520. The second-order valence-corrected chi connectivity index (χ2v) is 5.37. The third kappa shape index (κ3) is 1.47. The van der Waals surface area contributed by atoms with Gasteiger partial charge in [-0.1, -0.05) is 32.1 Å². The van der Waals surface area contributed by atoms with Crippen LogP contribution in [0.1, 0.15) is 33.1 Å². The molecule has 2 rings (SSSR count). The van der Waals surface area contributed by atoms with Crippen molar-refractivity contribution in [1.29, 1.82) is 0 Å². The minimum Gasteiger partial charge on any atom is -0.103 e. The average molecular weight is 176 g/mol. The number of hydrogen-bond donors (Lipinski definition) is 0. The van der Waals surface area contributed by atoms with E-state index in [0.29, 0.717) is 5.41 Å². The van der Waals surface area contributed by atoms with Gasteiger partial charge in [0.1, 0.15) is 0 Å². The van der Waals surface area contributed by atoms with Crippen LogP contribution in [-0.2, 0) is 0 Å². The van der Waals surface area contributed by atoms with E-state index in [1.165, 1.54) is 12.8 Å². The van der Waals surface area contributed by atoms with E-state index in [1.54, 1.807) is 0 Å². The molecule has 0 aromatic heterocycles. The van der Waals surface area contributed by atoms with Gasteiger partial charge < -0.3 is 0 Å². The lowest BCUT2D eigenvalue weighted by molar-refractivity contribution is 0.183. The third-order valence-corrected chi connectivity index (χ3v) is 3.95. The van der Waals surface area contributed by atoms with Crippen LogP contribution in [0.15, 0.2) is 24.8 Å². The van der Waals surface area contributed by atoms with Crippen molar-refractivity contribution >= 4 is 0 Å². The maximum Gasteiger partial charge on any atom is -0.0194 e. The van der Waals surface area contributed by atoms with E-state index >= 15 is 0 Å². The van der Waals surface area contributed by atoms with E-state index in [1.807, 2.05) is 0 Å². The molecule has 13 heavy (non-hydrogen) atoms. The summed E-state index contributed by atoms with van der Waals surface area (Å²) in [6.45, 7) is 8.65. The van der Waals surface area contributed by atoms with Crippen molar-refractivity contribution in [2.24, 2.45) is 23.2 Å². The normalized spacial score (nSPS) is 36.9. The Labute approximate surface area is 81.7 Å². The first-order valence-electron chi connectivity index (χ1n) is 5.43. The zero-order valence-corrected chi connectivity index (χ0v) is 8.79. The molecule has 1 fully saturated rings. The molecule has 0 N–H and O–H groups in total. The van der Waals surface area contributed by atoms with Crippen molar-refractivity contribution in [2.45, 2.75) is 33.1 Å². The highest BCUT2D eigenvalue weighted by molar-refractivity contribution is 5.12. The van der Waals surface area contributed by atoms with E-state index < -0.39 is 0 Å². The van der Waals surface area contributed by atoms with E-state index in [4.69, 9.17) is 0 Å². The maximum absolute atomic E-state index is 3.86. The van der Waals surface area contributed by atoms with Gasteiger partial charge in [-0.05, 0) is 42.4 Å². The van der Waals surface area contributed by atoms with Crippen LogP contribution in [0.4, 0.5) is 0 Å². The average Bonchev–Trinajstić information content (AvgIpc) is 2.63. The minimum absolute atomic E-state index is 0.464. The predicted octanol–water partition coefficient (Wildman–Crippen LogP) is 3.80. The van der Waals surface area contributed by atoms with Crippen molar-refractivity contribution < 1.29 is 0 Å². The molecule has 2 bridgehead atoms. The van der Waals surface area contributed by atoms with Crippen LogP contribution < -0.4 is 0 Å². The third-order valence-electron chi connectivity index (χ3n) is 3.95. The summed E-state index contributed by atoms with van der Waals surface area (Å²) in [6.07, 6.45) is 11.0. The summed E-state index contributed by atoms with van der Waals surface area (Å²) >= 11 is 0. The van der Waals surface area contributed by atoms with E-state index in [2.05, 4.69) is 38.7 Å². The van der Waals surface area contributed by atoms with Crippen molar-refractivity contribution in [1.82, 2.24) is 0 Å². The predicted molar refractivity (Wildman–Crippen MR) is 57.4 cm³/mol. The van der Waals surface area contributed by atoms with Gasteiger partial charge in [0.25, 0.3) is 0 Å². The topological polar surface area (TPSA) is 0 Å². The second-order valence-electron chi connectivity index (χ2n) is 5.37. The second kappa shape index (κ2) is 3.01. The zero-order valence-electron chi connectivity index (χ0n) is 8.79. The fourth-order valence-corrected chi connectivity index (χ4v) is 3.20. The Bertz CT molecular complexity index is 234. The van der Waals surface area contributed by atoms with Gasteiger partial charge in [-0.2, -0.15) is 0 Å². The minimum atomic E-state index is 0.464.